The van der Waals surface area contributed by atoms with E-state index in [1.807, 2.05) is 35.2 Å². The van der Waals surface area contributed by atoms with Crippen LogP contribution >= 0.6 is 11.3 Å². The van der Waals surface area contributed by atoms with Crippen molar-refractivity contribution in [1.82, 2.24) is 15.1 Å². The first-order valence-corrected chi connectivity index (χ1v) is 10.4. The zero-order valence-electron chi connectivity index (χ0n) is 15.4. The topological polar surface area (TPSA) is 52.7 Å². The molecular weight excluding hydrogens is 358 g/mol. The van der Waals surface area contributed by atoms with Crippen LogP contribution in [0.5, 0.6) is 0 Å². The molecule has 0 spiro atoms. The summed E-state index contributed by atoms with van der Waals surface area (Å²) in [4.78, 5) is 31.2. The Labute approximate surface area is 164 Å². The molecule has 0 radical (unpaired) electrons. The minimum absolute atomic E-state index is 0.0355. The molecule has 4 rings (SSSR count). The molecule has 1 aliphatic carbocycles. The second kappa shape index (κ2) is 8.23. The molecular formula is C21H25N3O2S. The van der Waals surface area contributed by atoms with Crippen molar-refractivity contribution in [2.24, 2.45) is 0 Å². The molecule has 2 heterocycles. The van der Waals surface area contributed by atoms with Gasteiger partial charge in [-0.3, -0.25) is 14.5 Å². The molecule has 6 heteroatoms. The number of hydrogen-bond donors (Lipinski definition) is 1. The lowest BCUT2D eigenvalue weighted by molar-refractivity contribution is -0.122. The number of hydrogen-bond acceptors (Lipinski definition) is 4. The predicted molar refractivity (Wildman–Crippen MR) is 107 cm³/mol. The van der Waals surface area contributed by atoms with Crippen LogP contribution in [0.15, 0.2) is 36.4 Å². The van der Waals surface area contributed by atoms with Crippen LogP contribution in [0, 0.1) is 0 Å². The number of amides is 2. The molecule has 2 aliphatic rings. The second-order valence-electron chi connectivity index (χ2n) is 7.24. The minimum Gasteiger partial charge on any atom is -0.351 e. The fourth-order valence-electron chi connectivity index (χ4n) is 3.75. The minimum atomic E-state index is 0.0355. The molecule has 1 aromatic carbocycles. The van der Waals surface area contributed by atoms with Crippen molar-refractivity contribution in [3.63, 3.8) is 0 Å². The molecule has 0 atom stereocenters. The van der Waals surface area contributed by atoms with Gasteiger partial charge in [0.25, 0.3) is 5.91 Å². The largest absolute Gasteiger partial charge is 0.351 e. The summed E-state index contributed by atoms with van der Waals surface area (Å²) in [6, 6.07) is 12.0. The van der Waals surface area contributed by atoms with E-state index in [0.29, 0.717) is 26.2 Å². The van der Waals surface area contributed by atoms with Crippen LogP contribution < -0.4 is 5.32 Å². The Balaban J connectivity index is 1.22. The number of aryl methyl sites for hydroxylation is 2. The molecule has 2 amide bonds. The summed E-state index contributed by atoms with van der Waals surface area (Å²) in [6.07, 6.45) is 3.46. The maximum atomic E-state index is 12.7. The third-order valence-electron chi connectivity index (χ3n) is 5.32. The lowest BCUT2D eigenvalue weighted by atomic mass is 10.2. The zero-order valence-corrected chi connectivity index (χ0v) is 16.3. The van der Waals surface area contributed by atoms with Gasteiger partial charge in [-0.15, -0.1) is 11.3 Å². The van der Waals surface area contributed by atoms with Gasteiger partial charge < -0.3 is 10.2 Å². The number of piperazine rings is 1. The van der Waals surface area contributed by atoms with Gasteiger partial charge >= 0.3 is 0 Å². The van der Waals surface area contributed by atoms with Crippen LogP contribution in [0.2, 0.25) is 0 Å². The maximum absolute atomic E-state index is 12.7. The van der Waals surface area contributed by atoms with Crippen LogP contribution in [0.25, 0.3) is 0 Å². The Hall–Kier alpha value is -2.18. The number of carbonyl (C=O) groups is 2. The van der Waals surface area contributed by atoms with Crippen LogP contribution in [0.4, 0.5) is 0 Å². The third kappa shape index (κ3) is 4.39. The van der Waals surface area contributed by atoms with E-state index >= 15 is 0 Å². The van der Waals surface area contributed by atoms with Gasteiger partial charge in [0.05, 0.1) is 11.4 Å². The summed E-state index contributed by atoms with van der Waals surface area (Å²) in [7, 11) is 0. The fraction of sp³-hybridized carbons (Fsp3) is 0.429. The average molecular weight is 384 g/mol. The standard InChI is InChI=1S/C21H25N3O2S/c25-20(22-14-16-5-2-1-3-6-16)15-23-9-11-24(12-10-23)21(26)19-13-17-7-4-8-18(17)27-19/h1-3,5-6,13H,4,7-12,14-15H2,(H,22,25). The summed E-state index contributed by atoms with van der Waals surface area (Å²) in [5.74, 6) is 0.191. The smallest absolute Gasteiger partial charge is 0.264 e. The quantitative estimate of drug-likeness (QED) is 0.862. The number of carbonyl (C=O) groups excluding carboxylic acids is 2. The molecule has 1 fully saturated rings. The van der Waals surface area contributed by atoms with Crippen LogP contribution in [-0.4, -0.2) is 54.3 Å². The van der Waals surface area contributed by atoms with Gasteiger partial charge in [-0.25, -0.2) is 0 Å². The number of nitrogens with zero attached hydrogens (tertiary/aromatic N) is 2. The Kier molecular flexibility index (Phi) is 5.55. The Bertz CT molecular complexity index is 789. The van der Waals surface area contributed by atoms with Gasteiger partial charge in [-0.2, -0.15) is 0 Å². The molecule has 1 aliphatic heterocycles. The van der Waals surface area contributed by atoms with Crippen LogP contribution in [-0.2, 0) is 24.2 Å². The van der Waals surface area contributed by atoms with Gasteiger partial charge in [0.2, 0.25) is 5.91 Å². The highest BCUT2D eigenvalue weighted by Gasteiger charge is 2.26. The summed E-state index contributed by atoms with van der Waals surface area (Å²) in [6.45, 7) is 3.81. The molecule has 0 saturated carbocycles. The average Bonchev–Trinajstić information content (AvgIpc) is 3.29. The van der Waals surface area contributed by atoms with Crippen molar-refractivity contribution in [1.29, 1.82) is 0 Å². The third-order valence-corrected chi connectivity index (χ3v) is 6.54. The van der Waals surface area contributed by atoms with E-state index in [0.717, 1.165) is 36.4 Å². The van der Waals surface area contributed by atoms with Crippen molar-refractivity contribution in [3.05, 3.63) is 57.3 Å². The Morgan fingerprint density at radius 3 is 2.56 bits per heavy atom. The first-order chi connectivity index (χ1) is 13.2. The lowest BCUT2D eigenvalue weighted by Gasteiger charge is -2.34. The zero-order chi connectivity index (χ0) is 18.6. The SMILES string of the molecule is O=C(CN1CCN(C(=O)c2cc3c(s2)CCC3)CC1)NCc1ccccc1. The summed E-state index contributed by atoms with van der Waals surface area (Å²) in [5, 5.41) is 2.97. The first kappa shape index (κ1) is 18.2. The molecule has 1 saturated heterocycles. The number of benzene rings is 1. The van der Waals surface area contributed by atoms with E-state index in [1.54, 1.807) is 11.3 Å². The van der Waals surface area contributed by atoms with Crippen LogP contribution in [0.3, 0.4) is 0 Å². The van der Waals surface area contributed by atoms with Crippen molar-refractivity contribution < 1.29 is 9.59 Å². The van der Waals surface area contributed by atoms with Gasteiger partial charge in [-0.1, -0.05) is 30.3 Å². The highest BCUT2D eigenvalue weighted by molar-refractivity contribution is 7.14. The molecule has 0 unspecified atom stereocenters. The molecule has 142 valence electrons. The number of rotatable bonds is 5. The molecule has 2 aromatic rings. The van der Waals surface area contributed by atoms with Gasteiger partial charge in [-0.05, 0) is 36.5 Å². The van der Waals surface area contributed by atoms with Crippen molar-refractivity contribution in [2.45, 2.75) is 25.8 Å². The molecule has 27 heavy (non-hydrogen) atoms. The molecule has 1 N–H and O–H groups in total. The van der Waals surface area contributed by atoms with E-state index in [-0.39, 0.29) is 11.8 Å². The fourth-order valence-corrected chi connectivity index (χ4v) is 4.98. The summed E-state index contributed by atoms with van der Waals surface area (Å²) >= 11 is 1.67. The Morgan fingerprint density at radius 2 is 1.81 bits per heavy atom. The predicted octanol–water partition coefficient (Wildman–Crippen LogP) is 2.31. The second-order valence-corrected chi connectivity index (χ2v) is 8.38. The normalized spacial score (nSPS) is 17.0. The van der Waals surface area contributed by atoms with Gasteiger partial charge in [0.15, 0.2) is 0 Å². The maximum Gasteiger partial charge on any atom is 0.264 e. The highest BCUT2D eigenvalue weighted by atomic mass is 32.1. The van der Waals surface area contributed by atoms with Crippen LogP contribution in [0.1, 0.15) is 32.1 Å². The molecule has 1 aromatic heterocycles. The monoisotopic (exact) mass is 383 g/mol. The highest BCUT2D eigenvalue weighted by Crippen LogP contribution is 2.31. The van der Waals surface area contributed by atoms with E-state index in [2.05, 4.69) is 16.3 Å². The first-order valence-electron chi connectivity index (χ1n) is 9.63. The van der Waals surface area contributed by atoms with Crippen molar-refractivity contribution in [3.8, 4) is 0 Å². The van der Waals surface area contributed by atoms with E-state index in [1.165, 1.54) is 16.9 Å². The molecule has 5 nitrogen and oxygen atoms in total. The number of nitrogens with one attached hydrogen (secondary N) is 1. The van der Waals surface area contributed by atoms with E-state index in [9.17, 15) is 9.59 Å². The van der Waals surface area contributed by atoms with Crippen molar-refractivity contribution >= 4 is 23.2 Å². The van der Waals surface area contributed by atoms with E-state index < -0.39 is 0 Å². The van der Waals surface area contributed by atoms with Gasteiger partial charge in [0, 0.05) is 37.6 Å². The lowest BCUT2D eigenvalue weighted by Crippen LogP contribution is -2.51. The van der Waals surface area contributed by atoms with Crippen molar-refractivity contribution in [2.75, 3.05) is 32.7 Å². The summed E-state index contributed by atoms with van der Waals surface area (Å²) in [5.41, 5.74) is 2.47. The van der Waals surface area contributed by atoms with Gasteiger partial charge in [0.1, 0.15) is 0 Å². The Morgan fingerprint density at radius 1 is 1.04 bits per heavy atom. The molecule has 0 bridgehead atoms. The number of fused-ring (bicyclic) bond motifs is 1. The number of thiophene rings is 1. The summed E-state index contributed by atoms with van der Waals surface area (Å²) < 4.78 is 0. The van der Waals surface area contributed by atoms with E-state index in [4.69, 9.17) is 0 Å².